The van der Waals surface area contributed by atoms with E-state index < -0.39 is 0 Å². The molecule has 0 spiro atoms. The first-order chi connectivity index (χ1) is 13.5. The Morgan fingerprint density at radius 3 is 2.29 bits per heavy atom. The Kier molecular flexibility index (Phi) is 8.53. The first-order valence-corrected chi connectivity index (χ1v) is 9.96. The smallest absolute Gasteiger partial charge is 0.259 e. The third-order valence-corrected chi connectivity index (χ3v) is 4.23. The van der Waals surface area contributed by atoms with Crippen molar-refractivity contribution in [1.29, 1.82) is 0 Å². The Morgan fingerprint density at radius 1 is 0.893 bits per heavy atom. The molecule has 2 rings (SSSR count). The predicted octanol–water partition coefficient (Wildman–Crippen LogP) is 5.04. The maximum atomic E-state index is 12.8. The normalized spacial score (nSPS) is 10.6. The summed E-state index contributed by atoms with van der Waals surface area (Å²) in [6.07, 6.45) is 4.43. The van der Waals surface area contributed by atoms with Crippen LogP contribution in [-0.2, 0) is 0 Å². The summed E-state index contributed by atoms with van der Waals surface area (Å²) in [4.78, 5) is 25.2. The highest BCUT2D eigenvalue weighted by atomic mass is 16.5. The maximum Gasteiger partial charge on any atom is 0.259 e. The van der Waals surface area contributed by atoms with Crippen molar-refractivity contribution in [3.8, 4) is 5.75 Å². The molecule has 2 N–H and O–H groups in total. The van der Waals surface area contributed by atoms with Gasteiger partial charge in [-0.25, -0.2) is 0 Å². The molecular weight excluding hydrogens is 352 g/mol. The lowest BCUT2D eigenvalue weighted by molar-refractivity contribution is 0.0944. The molecule has 0 heterocycles. The number of benzene rings is 2. The summed E-state index contributed by atoms with van der Waals surface area (Å²) in [5, 5.41) is 5.71. The van der Waals surface area contributed by atoms with Crippen LogP contribution in [0.3, 0.4) is 0 Å². The van der Waals surface area contributed by atoms with Crippen LogP contribution in [0.4, 0.5) is 5.69 Å². The first-order valence-electron chi connectivity index (χ1n) is 9.96. The number of amides is 2. The van der Waals surface area contributed by atoms with E-state index in [-0.39, 0.29) is 17.9 Å². The van der Waals surface area contributed by atoms with Crippen LogP contribution in [0.5, 0.6) is 5.75 Å². The minimum absolute atomic E-state index is 0.0121. The highest BCUT2D eigenvalue weighted by molar-refractivity contribution is 6.10. The third-order valence-electron chi connectivity index (χ3n) is 4.23. The number of para-hydroxylation sites is 2. The summed E-state index contributed by atoms with van der Waals surface area (Å²) in [5.74, 6) is 0.0425. The maximum absolute atomic E-state index is 12.8. The van der Waals surface area contributed by atoms with Gasteiger partial charge in [0.1, 0.15) is 5.75 Å². The predicted molar refractivity (Wildman–Crippen MR) is 113 cm³/mol. The fraction of sp³-hybridized carbons (Fsp3) is 0.391. The molecule has 150 valence electrons. The number of rotatable bonds is 10. The fourth-order valence-corrected chi connectivity index (χ4v) is 2.81. The summed E-state index contributed by atoms with van der Waals surface area (Å²) in [6.45, 7) is 6.54. The van der Waals surface area contributed by atoms with Crippen molar-refractivity contribution in [1.82, 2.24) is 5.32 Å². The lowest BCUT2D eigenvalue weighted by Gasteiger charge is -2.15. The van der Waals surface area contributed by atoms with Crippen LogP contribution in [-0.4, -0.2) is 24.5 Å². The molecule has 0 bridgehead atoms. The van der Waals surface area contributed by atoms with Gasteiger partial charge in [-0.05, 0) is 44.5 Å². The zero-order valence-corrected chi connectivity index (χ0v) is 17.0. The quantitative estimate of drug-likeness (QED) is 0.566. The second-order valence-corrected chi connectivity index (χ2v) is 7.03. The topological polar surface area (TPSA) is 67.4 Å². The Labute approximate surface area is 167 Å². The van der Waals surface area contributed by atoms with Gasteiger partial charge in [0, 0.05) is 6.04 Å². The second kappa shape index (κ2) is 11.1. The summed E-state index contributed by atoms with van der Waals surface area (Å²) in [7, 11) is 0. The largest absolute Gasteiger partial charge is 0.493 e. The molecule has 0 saturated heterocycles. The number of carbonyl (C=O) groups is 2. The van der Waals surface area contributed by atoms with Gasteiger partial charge >= 0.3 is 0 Å². The standard InChI is InChI=1S/C23H30N2O3/c1-4-5-6-11-16-28-21-15-10-8-13-19(21)23(27)25-20-14-9-7-12-18(20)22(26)24-17(2)3/h7-10,12-15,17H,4-6,11,16H2,1-3H3,(H,24,26)(H,25,27). The van der Waals surface area contributed by atoms with Gasteiger partial charge in [0.25, 0.3) is 11.8 Å². The zero-order chi connectivity index (χ0) is 20.4. The molecule has 0 radical (unpaired) electrons. The molecule has 28 heavy (non-hydrogen) atoms. The minimum Gasteiger partial charge on any atom is -0.493 e. The van der Waals surface area contributed by atoms with E-state index in [1.807, 2.05) is 19.9 Å². The van der Waals surface area contributed by atoms with Gasteiger partial charge in [0.2, 0.25) is 0 Å². The van der Waals surface area contributed by atoms with Gasteiger partial charge < -0.3 is 15.4 Å². The zero-order valence-electron chi connectivity index (χ0n) is 17.0. The van der Waals surface area contributed by atoms with Gasteiger partial charge in [-0.2, -0.15) is 0 Å². The van der Waals surface area contributed by atoms with Crippen LogP contribution in [0, 0.1) is 0 Å². The SMILES string of the molecule is CCCCCCOc1ccccc1C(=O)Nc1ccccc1C(=O)NC(C)C. The highest BCUT2D eigenvalue weighted by Gasteiger charge is 2.17. The van der Waals surface area contributed by atoms with Crippen molar-refractivity contribution in [2.24, 2.45) is 0 Å². The fourth-order valence-electron chi connectivity index (χ4n) is 2.81. The van der Waals surface area contributed by atoms with E-state index >= 15 is 0 Å². The number of carbonyl (C=O) groups excluding carboxylic acids is 2. The van der Waals surface area contributed by atoms with Gasteiger partial charge in [0.15, 0.2) is 0 Å². The van der Waals surface area contributed by atoms with E-state index in [9.17, 15) is 9.59 Å². The molecule has 0 aromatic heterocycles. The lowest BCUT2D eigenvalue weighted by atomic mass is 10.1. The monoisotopic (exact) mass is 382 g/mol. The van der Waals surface area contributed by atoms with E-state index in [0.29, 0.717) is 29.2 Å². The van der Waals surface area contributed by atoms with Crippen molar-refractivity contribution >= 4 is 17.5 Å². The molecule has 2 aromatic carbocycles. The number of ether oxygens (including phenoxy) is 1. The van der Waals surface area contributed by atoms with Crippen molar-refractivity contribution in [3.63, 3.8) is 0 Å². The van der Waals surface area contributed by atoms with Crippen molar-refractivity contribution in [3.05, 3.63) is 59.7 Å². The number of hydrogen-bond acceptors (Lipinski definition) is 3. The van der Waals surface area contributed by atoms with Crippen LogP contribution in [0.25, 0.3) is 0 Å². The first kappa shape index (κ1) is 21.5. The average Bonchev–Trinajstić information content (AvgIpc) is 2.68. The van der Waals surface area contributed by atoms with Gasteiger partial charge in [-0.15, -0.1) is 0 Å². The summed E-state index contributed by atoms with van der Waals surface area (Å²) >= 11 is 0. The molecule has 0 aliphatic rings. The summed E-state index contributed by atoms with van der Waals surface area (Å²) in [5.41, 5.74) is 1.36. The van der Waals surface area contributed by atoms with Gasteiger partial charge in [-0.3, -0.25) is 9.59 Å². The van der Waals surface area contributed by atoms with E-state index in [4.69, 9.17) is 4.74 Å². The third kappa shape index (κ3) is 6.41. The Bertz CT molecular complexity index is 787. The highest BCUT2D eigenvalue weighted by Crippen LogP contribution is 2.22. The number of hydrogen-bond donors (Lipinski definition) is 2. The average molecular weight is 383 g/mol. The summed E-state index contributed by atoms with van der Waals surface area (Å²) in [6, 6.07) is 14.2. The number of anilines is 1. The van der Waals surface area contributed by atoms with Crippen molar-refractivity contribution in [2.45, 2.75) is 52.5 Å². The van der Waals surface area contributed by atoms with E-state index in [2.05, 4.69) is 17.6 Å². The molecular formula is C23H30N2O3. The van der Waals surface area contributed by atoms with Crippen LogP contribution in [0.1, 0.15) is 67.2 Å². The van der Waals surface area contributed by atoms with Crippen molar-refractivity contribution in [2.75, 3.05) is 11.9 Å². The molecule has 0 aliphatic carbocycles. The van der Waals surface area contributed by atoms with Crippen LogP contribution in [0.2, 0.25) is 0 Å². The Morgan fingerprint density at radius 2 is 1.57 bits per heavy atom. The van der Waals surface area contributed by atoms with E-state index in [1.54, 1.807) is 42.5 Å². The lowest BCUT2D eigenvalue weighted by Crippen LogP contribution is -2.31. The molecule has 5 nitrogen and oxygen atoms in total. The molecule has 2 amide bonds. The molecule has 2 aromatic rings. The summed E-state index contributed by atoms with van der Waals surface area (Å²) < 4.78 is 5.83. The van der Waals surface area contributed by atoms with Crippen LogP contribution in [0.15, 0.2) is 48.5 Å². The molecule has 0 saturated carbocycles. The molecule has 0 aliphatic heterocycles. The van der Waals surface area contributed by atoms with E-state index in [0.717, 1.165) is 12.8 Å². The second-order valence-electron chi connectivity index (χ2n) is 7.03. The van der Waals surface area contributed by atoms with E-state index in [1.165, 1.54) is 12.8 Å². The Hall–Kier alpha value is -2.82. The molecule has 0 fully saturated rings. The molecule has 0 atom stereocenters. The van der Waals surface area contributed by atoms with Gasteiger partial charge in [-0.1, -0.05) is 50.5 Å². The van der Waals surface area contributed by atoms with Crippen LogP contribution >= 0.6 is 0 Å². The van der Waals surface area contributed by atoms with Crippen LogP contribution < -0.4 is 15.4 Å². The van der Waals surface area contributed by atoms with Gasteiger partial charge in [0.05, 0.1) is 23.4 Å². The molecule has 5 heteroatoms. The minimum atomic E-state index is -0.297. The molecule has 0 unspecified atom stereocenters. The number of unbranched alkanes of at least 4 members (excludes halogenated alkanes) is 3. The Balaban J connectivity index is 2.10. The van der Waals surface area contributed by atoms with Crippen molar-refractivity contribution < 1.29 is 14.3 Å². The number of nitrogens with one attached hydrogen (secondary N) is 2.